The van der Waals surface area contributed by atoms with Crippen molar-refractivity contribution in [2.24, 2.45) is 5.73 Å². The highest BCUT2D eigenvalue weighted by atomic mass is 19.1. The van der Waals surface area contributed by atoms with Gasteiger partial charge in [0.1, 0.15) is 17.3 Å². The number of pyridine rings is 1. The van der Waals surface area contributed by atoms with Crippen LogP contribution in [0.4, 0.5) is 10.2 Å². The van der Waals surface area contributed by atoms with Gasteiger partial charge < -0.3 is 16.0 Å². The van der Waals surface area contributed by atoms with E-state index in [4.69, 9.17) is 5.73 Å². The molecule has 0 saturated heterocycles. The number of nitrogens with one attached hydrogen (secondary N) is 2. The van der Waals surface area contributed by atoms with Crippen LogP contribution in [0.1, 0.15) is 35.6 Å². The Kier molecular flexibility index (Phi) is 4.22. The van der Waals surface area contributed by atoms with Crippen molar-refractivity contribution < 1.29 is 9.18 Å². The number of aromatic amines is 1. The molecule has 0 unspecified atom stereocenters. The maximum Gasteiger partial charge on any atom is 0.286 e. The zero-order valence-corrected chi connectivity index (χ0v) is 14.3. The minimum absolute atomic E-state index is 0.0432. The predicted molar refractivity (Wildman–Crippen MR) is 94.1 cm³/mol. The molecule has 138 valence electrons. The second kappa shape index (κ2) is 6.71. The number of hydrogen-bond donors (Lipinski definition) is 3. The molecule has 4 N–H and O–H groups in total. The van der Waals surface area contributed by atoms with E-state index >= 15 is 0 Å². The van der Waals surface area contributed by atoms with Gasteiger partial charge in [-0.15, -0.1) is 20.4 Å². The summed E-state index contributed by atoms with van der Waals surface area (Å²) in [6.45, 7) is 0.517. The van der Waals surface area contributed by atoms with Crippen molar-refractivity contribution in [1.29, 1.82) is 0 Å². The standard InChI is InChI=1S/C17H17FN8O/c18-10-3-1-8-20-13(10)17(6-2-7-17)9-21-12-5-4-11(23-24-12)15-22-16(14(19)27)26-25-15/h1,3-5,8H,2,6-7,9H2,(H2,19,27)(H,21,24)(H,22,25,26). The third-order valence-electron chi connectivity index (χ3n) is 4.81. The molecule has 1 aliphatic carbocycles. The van der Waals surface area contributed by atoms with Gasteiger partial charge in [-0.1, -0.05) is 6.42 Å². The number of H-pyrrole nitrogens is 1. The Labute approximate surface area is 153 Å². The highest BCUT2D eigenvalue weighted by Gasteiger charge is 2.41. The highest BCUT2D eigenvalue weighted by molar-refractivity contribution is 5.89. The molecule has 3 aromatic heterocycles. The van der Waals surface area contributed by atoms with Gasteiger partial charge in [0.2, 0.25) is 5.82 Å². The molecule has 1 saturated carbocycles. The Morgan fingerprint density at radius 3 is 2.67 bits per heavy atom. The number of carbonyl (C=O) groups excluding carboxylic acids is 1. The van der Waals surface area contributed by atoms with Gasteiger partial charge in [-0.3, -0.25) is 9.78 Å². The Bertz CT molecular complexity index is 967. The van der Waals surface area contributed by atoms with Crippen molar-refractivity contribution in [2.45, 2.75) is 24.7 Å². The Balaban J connectivity index is 1.47. The number of amides is 1. The van der Waals surface area contributed by atoms with Crippen molar-refractivity contribution in [3.8, 4) is 11.5 Å². The second-order valence-electron chi connectivity index (χ2n) is 6.51. The summed E-state index contributed by atoms with van der Waals surface area (Å²) in [4.78, 5) is 18.0. The zero-order valence-electron chi connectivity index (χ0n) is 14.3. The predicted octanol–water partition coefficient (Wildman–Crippen LogP) is 1.43. The largest absolute Gasteiger partial charge is 0.368 e. The van der Waals surface area contributed by atoms with Gasteiger partial charge in [0, 0.05) is 18.2 Å². The number of halogens is 1. The maximum atomic E-state index is 14.2. The van der Waals surface area contributed by atoms with Crippen LogP contribution in [0.5, 0.6) is 0 Å². The highest BCUT2D eigenvalue weighted by Crippen LogP contribution is 2.43. The minimum atomic E-state index is -0.701. The first kappa shape index (κ1) is 17.0. The van der Waals surface area contributed by atoms with E-state index in [-0.39, 0.29) is 17.1 Å². The molecule has 1 fully saturated rings. The number of primary amides is 1. The van der Waals surface area contributed by atoms with Crippen LogP contribution >= 0.6 is 0 Å². The Morgan fingerprint density at radius 1 is 1.22 bits per heavy atom. The topological polar surface area (TPSA) is 135 Å². The smallest absolute Gasteiger partial charge is 0.286 e. The average Bonchev–Trinajstić information content (AvgIpc) is 3.13. The molecule has 27 heavy (non-hydrogen) atoms. The van der Waals surface area contributed by atoms with Gasteiger partial charge in [-0.25, -0.2) is 4.39 Å². The van der Waals surface area contributed by atoms with Crippen molar-refractivity contribution in [3.63, 3.8) is 0 Å². The van der Waals surface area contributed by atoms with Crippen molar-refractivity contribution in [1.82, 2.24) is 30.4 Å². The molecule has 0 atom stereocenters. The lowest BCUT2D eigenvalue weighted by Crippen LogP contribution is -2.42. The summed E-state index contributed by atoms with van der Waals surface area (Å²) in [7, 11) is 0. The Morgan fingerprint density at radius 2 is 2.07 bits per heavy atom. The third-order valence-corrected chi connectivity index (χ3v) is 4.81. The van der Waals surface area contributed by atoms with Crippen LogP contribution in [-0.2, 0) is 5.41 Å². The van der Waals surface area contributed by atoms with Crippen LogP contribution < -0.4 is 11.1 Å². The quantitative estimate of drug-likeness (QED) is 0.599. The van der Waals surface area contributed by atoms with E-state index in [0.29, 0.717) is 29.6 Å². The number of rotatable bonds is 6. The number of hydrogen-bond acceptors (Lipinski definition) is 7. The fraction of sp³-hybridized carbons (Fsp3) is 0.294. The first-order valence-corrected chi connectivity index (χ1v) is 8.49. The summed E-state index contributed by atoms with van der Waals surface area (Å²) >= 11 is 0. The molecule has 0 aliphatic heterocycles. The molecular weight excluding hydrogens is 351 g/mol. The third kappa shape index (κ3) is 3.21. The summed E-state index contributed by atoms with van der Waals surface area (Å²) in [5, 5.41) is 18.8. The molecule has 0 aromatic carbocycles. The number of nitrogens with zero attached hydrogens (tertiary/aromatic N) is 5. The lowest BCUT2D eigenvalue weighted by molar-refractivity contribution is 0.0991. The Hall–Kier alpha value is -3.43. The molecule has 10 heteroatoms. The van der Waals surface area contributed by atoms with E-state index in [0.717, 1.165) is 19.3 Å². The molecule has 9 nitrogen and oxygen atoms in total. The number of carbonyl (C=O) groups is 1. The van der Waals surface area contributed by atoms with Gasteiger partial charge in [0.25, 0.3) is 5.91 Å². The van der Waals surface area contributed by atoms with Gasteiger partial charge in [-0.05, 0) is 37.1 Å². The molecule has 1 amide bonds. The fourth-order valence-electron chi connectivity index (χ4n) is 3.18. The van der Waals surface area contributed by atoms with Gasteiger partial charge in [-0.2, -0.15) is 0 Å². The van der Waals surface area contributed by atoms with Gasteiger partial charge in [0.05, 0.1) is 5.69 Å². The lowest BCUT2D eigenvalue weighted by atomic mass is 9.66. The summed E-state index contributed by atoms with van der Waals surface area (Å²) in [6.07, 6.45) is 4.39. The SMILES string of the molecule is NC(=O)c1nnc(-c2ccc(NCC3(c4ncccc4F)CCC3)nn2)[nH]1. The average molecular weight is 368 g/mol. The van der Waals surface area contributed by atoms with Crippen LogP contribution in [-0.4, -0.2) is 42.8 Å². The van der Waals surface area contributed by atoms with E-state index in [1.54, 1.807) is 24.4 Å². The summed E-state index contributed by atoms with van der Waals surface area (Å²) in [5.74, 6) is -0.174. The van der Waals surface area contributed by atoms with Crippen LogP contribution in [0.2, 0.25) is 0 Å². The number of anilines is 1. The van der Waals surface area contributed by atoms with Crippen molar-refractivity contribution >= 4 is 11.7 Å². The summed E-state index contributed by atoms with van der Waals surface area (Å²) < 4.78 is 14.2. The van der Waals surface area contributed by atoms with Crippen LogP contribution in [0, 0.1) is 5.82 Å². The van der Waals surface area contributed by atoms with Crippen molar-refractivity contribution in [2.75, 3.05) is 11.9 Å². The molecule has 1 aliphatic rings. The normalized spacial score (nSPS) is 15.1. The number of nitrogens with two attached hydrogens (primary N) is 1. The maximum absolute atomic E-state index is 14.2. The van der Waals surface area contributed by atoms with Crippen LogP contribution in [0.3, 0.4) is 0 Å². The van der Waals surface area contributed by atoms with Crippen molar-refractivity contribution in [3.05, 3.63) is 47.8 Å². The summed E-state index contributed by atoms with van der Waals surface area (Å²) in [6, 6.07) is 6.45. The van der Waals surface area contributed by atoms with Crippen LogP contribution in [0.15, 0.2) is 30.5 Å². The van der Waals surface area contributed by atoms with Gasteiger partial charge in [0.15, 0.2) is 5.82 Å². The monoisotopic (exact) mass is 368 g/mol. The molecule has 0 spiro atoms. The fourth-order valence-corrected chi connectivity index (χ4v) is 3.18. The van der Waals surface area contributed by atoms with E-state index in [9.17, 15) is 9.18 Å². The molecule has 0 bridgehead atoms. The van der Waals surface area contributed by atoms with Gasteiger partial charge >= 0.3 is 0 Å². The second-order valence-corrected chi connectivity index (χ2v) is 6.51. The first-order valence-electron chi connectivity index (χ1n) is 8.49. The van der Waals surface area contributed by atoms with E-state index in [1.807, 2.05) is 0 Å². The molecular formula is C17H17FN8O. The lowest BCUT2D eigenvalue weighted by Gasteiger charge is -2.41. The molecule has 3 heterocycles. The first-order chi connectivity index (χ1) is 13.1. The van der Waals surface area contributed by atoms with E-state index in [2.05, 4.69) is 35.7 Å². The number of aromatic nitrogens is 6. The molecule has 3 aromatic rings. The summed E-state index contributed by atoms with van der Waals surface area (Å²) in [5.41, 5.74) is 5.73. The molecule has 4 rings (SSSR count). The minimum Gasteiger partial charge on any atom is -0.368 e. The van der Waals surface area contributed by atoms with Crippen LogP contribution in [0.25, 0.3) is 11.5 Å². The molecule has 0 radical (unpaired) electrons. The van der Waals surface area contributed by atoms with E-state index in [1.165, 1.54) is 6.07 Å². The van der Waals surface area contributed by atoms with E-state index < -0.39 is 5.91 Å². The zero-order chi connectivity index (χ0) is 18.9.